The van der Waals surface area contributed by atoms with Crippen molar-refractivity contribution in [3.63, 3.8) is 0 Å². The van der Waals surface area contributed by atoms with E-state index in [-0.39, 0.29) is 5.56 Å². The van der Waals surface area contributed by atoms with Crippen molar-refractivity contribution >= 4 is 21.7 Å². The van der Waals surface area contributed by atoms with E-state index in [1.807, 2.05) is 0 Å². The van der Waals surface area contributed by atoms with Gasteiger partial charge in [-0.05, 0) is 43.2 Å². The molecule has 0 bridgehead atoms. The third-order valence-corrected chi connectivity index (χ3v) is 4.11. The highest BCUT2D eigenvalue weighted by Gasteiger charge is 2.25. The molecule has 0 amide bonds. The van der Waals surface area contributed by atoms with E-state index in [0.29, 0.717) is 21.3 Å². The van der Waals surface area contributed by atoms with Crippen LogP contribution in [0.4, 0.5) is 8.78 Å². The van der Waals surface area contributed by atoms with Crippen molar-refractivity contribution in [3.05, 3.63) is 62.6 Å². The Morgan fingerprint density at radius 2 is 1.71 bits per heavy atom. The van der Waals surface area contributed by atoms with Gasteiger partial charge in [0.2, 0.25) is 5.78 Å². The standard InChI is InChI=1S/C16H13BrF2O2/c1-8-7-10(17)9(2)13(16(8)21-3)15(20)14-11(18)5-4-6-12(14)19/h4-7H,1-3H3. The molecule has 110 valence electrons. The highest BCUT2D eigenvalue weighted by molar-refractivity contribution is 9.10. The van der Waals surface area contributed by atoms with Crippen molar-refractivity contribution in [3.8, 4) is 5.75 Å². The second-order valence-corrected chi connectivity index (χ2v) is 5.49. The maximum atomic E-state index is 13.8. The van der Waals surface area contributed by atoms with E-state index in [1.165, 1.54) is 13.2 Å². The Bertz CT molecular complexity index is 706. The van der Waals surface area contributed by atoms with E-state index in [2.05, 4.69) is 15.9 Å². The number of hydrogen-bond acceptors (Lipinski definition) is 2. The van der Waals surface area contributed by atoms with Crippen LogP contribution >= 0.6 is 15.9 Å². The van der Waals surface area contributed by atoms with Crippen molar-refractivity contribution in [1.82, 2.24) is 0 Å². The maximum absolute atomic E-state index is 13.8. The van der Waals surface area contributed by atoms with Gasteiger partial charge in [0.25, 0.3) is 0 Å². The van der Waals surface area contributed by atoms with Crippen molar-refractivity contribution in [1.29, 1.82) is 0 Å². The SMILES string of the molecule is COc1c(C)cc(Br)c(C)c1C(=O)c1c(F)cccc1F. The fourth-order valence-electron chi connectivity index (χ4n) is 2.23. The first-order chi connectivity index (χ1) is 9.88. The average Bonchev–Trinajstić information content (AvgIpc) is 2.42. The molecule has 0 heterocycles. The highest BCUT2D eigenvalue weighted by Crippen LogP contribution is 2.34. The Kier molecular flexibility index (Phi) is 4.42. The number of benzene rings is 2. The van der Waals surface area contributed by atoms with Crippen molar-refractivity contribution in [2.75, 3.05) is 7.11 Å². The van der Waals surface area contributed by atoms with E-state index < -0.39 is 23.0 Å². The van der Waals surface area contributed by atoms with Gasteiger partial charge in [-0.3, -0.25) is 4.79 Å². The smallest absolute Gasteiger partial charge is 0.202 e. The van der Waals surface area contributed by atoms with Crippen LogP contribution in [0.1, 0.15) is 27.0 Å². The molecule has 0 aliphatic heterocycles. The molecule has 2 rings (SSSR count). The third-order valence-electron chi connectivity index (χ3n) is 3.28. The molecule has 0 aliphatic rings. The fraction of sp³-hybridized carbons (Fsp3) is 0.188. The van der Waals surface area contributed by atoms with Crippen LogP contribution in [-0.4, -0.2) is 12.9 Å². The predicted molar refractivity (Wildman–Crippen MR) is 80.0 cm³/mol. The molecule has 0 aromatic heterocycles. The van der Waals surface area contributed by atoms with Gasteiger partial charge in [0.15, 0.2) is 0 Å². The zero-order valence-electron chi connectivity index (χ0n) is 11.8. The van der Waals surface area contributed by atoms with E-state index >= 15 is 0 Å². The Balaban J connectivity index is 2.75. The number of carbonyl (C=O) groups excluding carboxylic acids is 1. The van der Waals surface area contributed by atoms with Gasteiger partial charge in [-0.15, -0.1) is 0 Å². The molecule has 21 heavy (non-hydrogen) atoms. The van der Waals surface area contributed by atoms with Crippen LogP contribution in [0, 0.1) is 25.5 Å². The summed E-state index contributed by atoms with van der Waals surface area (Å²) >= 11 is 3.34. The summed E-state index contributed by atoms with van der Waals surface area (Å²) in [7, 11) is 1.42. The van der Waals surface area contributed by atoms with E-state index in [4.69, 9.17) is 4.74 Å². The predicted octanol–water partition coefficient (Wildman–Crippen LogP) is 4.58. The van der Waals surface area contributed by atoms with Gasteiger partial charge in [0.05, 0.1) is 18.2 Å². The van der Waals surface area contributed by atoms with Crippen molar-refractivity contribution in [2.24, 2.45) is 0 Å². The Morgan fingerprint density at radius 3 is 2.24 bits per heavy atom. The maximum Gasteiger partial charge on any atom is 0.202 e. The molecule has 2 aromatic carbocycles. The van der Waals surface area contributed by atoms with Crippen LogP contribution in [0.15, 0.2) is 28.7 Å². The summed E-state index contributed by atoms with van der Waals surface area (Å²) in [6.07, 6.45) is 0. The van der Waals surface area contributed by atoms with Crippen LogP contribution in [0.3, 0.4) is 0 Å². The molecule has 0 spiro atoms. The molecule has 0 saturated carbocycles. The van der Waals surface area contributed by atoms with Crippen LogP contribution in [-0.2, 0) is 0 Å². The minimum atomic E-state index is -0.890. The lowest BCUT2D eigenvalue weighted by Crippen LogP contribution is -2.12. The molecule has 0 saturated heterocycles. The number of carbonyl (C=O) groups is 1. The summed E-state index contributed by atoms with van der Waals surface area (Å²) in [6.45, 7) is 3.45. The topological polar surface area (TPSA) is 26.3 Å². The summed E-state index contributed by atoms with van der Waals surface area (Å²) in [5.41, 5.74) is 0.866. The van der Waals surface area contributed by atoms with Crippen molar-refractivity contribution in [2.45, 2.75) is 13.8 Å². The first-order valence-electron chi connectivity index (χ1n) is 6.20. The van der Waals surface area contributed by atoms with Crippen LogP contribution in [0.2, 0.25) is 0 Å². The van der Waals surface area contributed by atoms with Crippen LogP contribution in [0.5, 0.6) is 5.75 Å². The first-order valence-corrected chi connectivity index (χ1v) is 7.00. The lowest BCUT2D eigenvalue weighted by molar-refractivity contribution is 0.102. The van der Waals surface area contributed by atoms with Gasteiger partial charge in [-0.2, -0.15) is 0 Å². The quantitative estimate of drug-likeness (QED) is 0.754. The lowest BCUT2D eigenvalue weighted by Gasteiger charge is -2.15. The van der Waals surface area contributed by atoms with Crippen LogP contribution < -0.4 is 4.74 Å². The largest absolute Gasteiger partial charge is 0.496 e. The molecule has 5 heteroatoms. The van der Waals surface area contributed by atoms with E-state index in [1.54, 1.807) is 19.9 Å². The summed E-state index contributed by atoms with van der Waals surface area (Å²) in [5, 5.41) is 0. The lowest BCUT2D eigenvalue weighted by atomic mass is 9.95. The second-order valence-electron chi connectivity index (χ2n) is 4.63. The van der Waals surface area contributed by atoms with Gasteiger partial charge in [0.1, 0.15) is 17.4 Å². The molecule has 2 aromatic rings. The number of rotatable bonds is 3. The number of aryl methyl sites for hydroxylation is 1. The average molecular weight is 355 g/mol. The van der Waals surface area contributed by atoms with Gasteiger partial charge < -0.3 is 4.74 Å². The molecule has 0 unspecified atom stereocenters. The highest BCUT2D eigenvalue weighted by atomic mass is 79.9. The summed E-state index contributed by atoms with van der Waals surface area (Å²) in [5.74, 6) is -2.19. The molecular weight excluding hydrogens is 342 g/mol. The summed E-state index contributed by atoms with van der Waals surface area (Å²) < 4.78 is 33.6. The number of hydrogen-bond donors (Lipinski definition) is 0. The third kappa shape index (κ3) is 2.70. The monoisotopic (exact) mass is 354 g/mol. The number of ether oxygens (including phenoxy) is 1. The Hall–Kier alpha value is -1.75. The van der Waals surface area contributed by atoms with Crippen LogP contribution in [0.25, 0.3) is 0 Å². The minimum Gasteiger partial charge on any atom is -0.496 e. The van der Waals surface area contributed by atoms with Gasteiger partial charge >= 0.3 is 0 Å². The number of methoxy groups -OCH3 is 1. The zero-order valence-corrected chi connectivity index (χ0v) is 13.3. The molecule has 0 atom stereocenters. The minimum absolute atomic E-state index is 0.161. The fourth-order valence-corrected chi connectivity index (χ4v) is 2.77. The molecule has 0 N–H and O–H groups in total. The Morgan fingerprint density at radius 1 is 1.14 bits per heavy atom. The van der Waals surface area contributed by atoms with Crippen molar-refractivity contribution < 1.29 is 18.3 Å². The van der Waals surface area contributed by atoms with E-state index in [9.17, 15) is 13.6 Å². The van der Waals surface area contributed by atoms with E-state index in [0.717, 1.165) is 12.1 Å². The van der Waals surface area contributed by atoms with Gasteiger partial charge in [-0.1, -0.05) is 22.0 Å². The van der Waals surface area contributed by atoms with Gasteiger partial charge in [0, 0.05) is 4.47 Å². The number of halogens is 3. The normalized spacial score (nSPS) is 10.6. The molecule has 2 nitrogen and oxygen atoms in total. The molecule has 0 aliphatic carbocycles. The molecular formula is C16H13BrF2O2. The zero-order chi connectivity index (χ0) is 15.7. The molecule has 0 fully saturated rings. The molecule has 0 radical (unpaired) electrons. The first kappa shape index (κ1) is 15.6. The second kappa shape index (κ2) is 5.93. The van der Waals surface area contributed by atoms with Gasteiger partial charge in [-0.25, -0.2) is 8.78 Å². The summed E-state index contributed by atoms with van der Waals surface area (Å²) in [6, 6.07) is 5.13. The Labute approximate surface area is 129 Å². The number of ketones is 1. The summed E-state index contributed by atoms with van der Waals surface area (Å²) in [4.78, 5) is 12.6.